The molecule has 0 fully saturated rings. The predicted molar refractivity (Wildman–Crippen MR) is 93.2 cm³/mol. The maximum absolute atomic E-state index is 4.46. The molecule has 0 radical (unpaired) electrons. The Morgan fingerprint density at radius 2 is 1.83 bits per heavy atom. The van der Waals surface area contributed by atoms with Crippen molar-refractivity contribution in [2.75, 3.05) is 6.54 Å². The highest BCUT2D eigenvalue weighted by Gasteiger charge is 2.01. The standard InChI is InChI=1S/C19H16N4/c1-3-14(20-9-1)11-16-5-7-18(22-16)13-19-8-6-17(23-19)12-15-4-2-10-21-15/h1,3,5-9,12,22-23H,2,4,10H2. The van der Waals surface area contributed by atoms with Crippen molar-refractivity contribution in [3.05, 3.63) is 63.5 Å². The average molecular weight is 300 g/mol. The first kappa shape index (κ1) is 13.6. The van der Waals surface area contributed by atoms with Crippen LogP contribution in [0.1, 0.15) is 12.8 Å². The first-order chi connectivity index (χ1) is 11.3. The summed E-state index contributed by atoms with van der Waals surface area (Å²) in [5.74, 6) is 0. The molecule has 112 valence electrons. The molecule has 4 nitrogen and oxygen atoms in total. The highest BCUT2D eigenvalue weighted by Crippen LogP contribution is 2.03. The molecule has 0 atom stereocenters. The summed E-state index contributed by atoms with van der Waals surface area (Å²) in [4.78, 5) is 15.3. The fourth-order valence-corrected chi connectivity index (χ4v) is 2.63. The fraction of sp³-hybridized carbons (Fsp3) is 0.158. The lowest BCUT2D eigenvalue weighted by atomic mass is 10.2. The van der Waals surface area contributed by atoms with Gasteiger partial charge in [0.05, 0.1) is 16.0 Å². The molecule has 4 heterocycles. The quantitative estimate of drug-likeness (QED) is 0.746. The molecular weight excluding hydrogens is 284 g/mol. The lowest BCUT2D eigenvalue weighted by Crippen LogP contribution is -2.13. The summed E-state index contributed by atoms with van der Waals surface area (Å²) in [5.41, 5.74) is 8.52. The molecule has 2 aliphatic rings. The van der Waals surface area contributed by atoms with E-state index in [1.807, 2.05) is 30.4 Å². The maximum atomic E-state index is 4.46. The average Bonchev–Trinajstić information content (AvgIpc) is 3.31. The molecule has 4 rings (SSSR count). The van der Waals surface area contributed by atoms with Crippen molar-refractivity contribution in [2.45, 2.75) is 12.8 Å². The van der Waals surface area contributed by atoms with Gasteiger partial charge in [0, 0.05) is 23.8 Å². The molecule has 0 saturated carbocycles. The zero-order chi connectivity index (χ0) is 15.5. The number of aromatic amines is 2. The number of H-pyrrole nitrogens is 2. The second-order valence-corrected chi connectivity index (χ2v) is 5.51. The van der Waals surface area contributed by atoms with Crippen LogP contribution in [0.5, 0.6) is 0 Å². The normalized spacial score (nSPS) is 16.8. The van der Waals surface area contributed by atoms with Crippen molar-refractivity contribution >= 4 is 29.5 Å². The Morgan fingerprint density at radius 3 is 2.61 bits per heavy atom. The Balaban J connectivity index is 1.78. The van der Waals surface area contributed by atoms with E-state index in [1.165, 1.54) is 5.71 Å². The van der Waals surface area contributed by atoms with Gasteiger partial charge in [-0.2, -0.15) is 0 Å². The highest BCUT2D eigenvalue weighted by atomic mass is 14.8. The van der Waals surface area contributed by atoms with Gasteiger partial charge in [-0.15, -0.1) is 0 Å². The van der Waals surface area contributed by atoms with E-state index in [9.17, 15) is 0 Å². The lowest BCUT2D eigenvalue weighted by Gasteiger charge is -1.85. The monoisotopic (exact) mass is 300 g/mol. The van der Waals surface area contributed by atoms with E-state index in [2.05, 4.69) is 43.6 Å². The number of allylic oxidation sites excluding steroid dienone is 2. The third-order valence-electron chi connectivity index (χ3n) is 3.71. The van der Waals surface area contributed by atoms with Gasteiger partial charge >= 0.3 is 0 Å². The van der Waals surface area contributed by atoms with Gasteiger partial charge in [0.25, 0.3) is 0 Å². The van der Waals surface area contributed by atoms with Gasteiger partial charge < -0.3 is 9.97 Å². The van der Waals surface area contributed by atoms with Gasteiger partial charge in [-0.3, -0.25) is 4.99 Å². The van der Waals surface area contributed by atoms with Crippen LogP contribution in [0, 0.1) is 0 Å². The van der Waals surface area contributed by atoms with Crippen molar-refractivity contribution in [1.29, 1.82) is 0 Å². The van der Waals surface area contributed by atoms with Crippen LogP contribution in [0.15, 0.2) is 52.1 Å². The van der Waals surface area contributed by atoms with Crippen molar-refractivity contribution in [3.8, 4) is 0 Å². The van der Waals surface area contributed by atoms with Gasteiger partial charge in [0.2, 0.25) is 0 Å². The molecule has 0 amide bonds. The Kier molecular flexibility index (Phi) is 3.53. The first-order valence-corrected chi connectivity index (χ1v) is 7.73. The number of rotatable bonds is 1. The zero-order valence-corrected chi connectivity index (χ0v) is 12.6. The second-order valence-electron chi connectivity index (χ2n) is 5.51. The smallest absolute Gasteiger partial charge is 0.107 e. The van der Waals surface area contributed by atoms with E-state index in [0.717, 1.165) is 46.5 Å². The number of hydrogen-bond acceptors (Lipinski definition) is 2. The molecule has 0 aromatic carbocycles. The lowest BCUT2D eigenvalue weighted by molar-refractivity contribution is 0.952. The maximum Gasteiger partial charge on any atom is 0.107 e. The molecule has 4 heteroatoms. The molecular formula is C19H16N4. The zero-order valence-electron chi connectivity index (χ0n) is 12.6. The number of nitrogens with zero attached hydrogens (tertiary/aromatic N) is 2. The minimum Gasteiger partial charge on any atom is -0.349 e. The number of nitrogens with one attached hydrogen (secondary N) is 2. The van der Waals surface area contributed by atoms with Crippen LogP contribution >= 0.6 is 0 Å². The highest BCUT2D eigenvalue weighted by molar-refractivity contribution is 6.10. The van der Waals surface area contributed by atoms with Crippen molar-refractivity contribution in [3.63, 3.8) is 0 Å². The summed E-state index contributed by atoms with van der Waals surface area (Å²) < 4.78 is 0. The number of hydrogen-bond donors (Lipinski definition) is 2. The fourth-order valence-electron chi connectivity index (χ4n) is 2.63. The number of aliphatic imine (C=N–C) groups is 2. The van der Waals surface area contributed by atoms with Crippen LogP contribution in [-0.2, 0) is 0 Å². The Hall–Kier alpha value is -3.06. The van der Waals surface area contributed by atoms with E-state index >= 15 is 0 Å². The minimum atomic E-state index is 0.826. The summed E-state index contributed by atoms with van der Waals surface area (Å²) in [6, 6.07) is 8.03. The van der Waals surface area contributed by atoms with Crippen LogP contribution in [0.3, 0.4) is 0 Å². The van der Waals surface area contributed by atoms with Crippen LogP contribution in [-0.4, -0.2) is 28.4 Å². The molecule has 0 aliphatic carbocycles. The second kappa shape index (κ2) is 5.98. The molecule has 0 saturated heterocycles. The molecule has 2 aromatic rings. The molecule has 2 aliphatic heterocycles. The van der Waals surface area contributed by atoms with E-state index in [4.69, 9.17) is 0 Å². The molecule has 0 spiro atoms. The van der Waals surface area contributed by atoms with E-state index < -0.39 is 0 Å². The van der Waals surface area contributed by atoms with E-state index in [0.29, 0.717) is 0 Å². The van der Waals surface area contributed by atoms with Gasteiger partial charge in [0.1, 0.15) is 5.70 Å². The van der Waals surface area contributed by atoms with E-state index in [-0.39, 0.29) is 0 Å². The van der Waals surface area contributed by atoms with Crippen molar-refractivity contribution in [1.82, 2.24) is 9.97 Å². The Morgan fingerprint density at radius 1 is 1.00 bits per heavy atom. The summed E-state index contributed by atoms with van der Waals surface area (Å²) in [5, 5.41) is 3.81. The largest absolute Gasteiger partial charge is 0.349 e. The topological polar surface area (TPSA) is 56.3 Å². The van der Waals surface area contributed by atoms with Gasteiger partial charge in [0.15, 0.2) is 0 Å². The van der Waals surface area contributed by atoms with Gasteiger partial charge in [-0.1, -0.05) is 11.5 Å². The molecule has 2 N–H and O–H groups in total. The molecule has 0 unspecified atom stereocenters. The Labute approximate surface area is 133 Å². The third kappa shape index (κ3) is 3.24. The summed E-state index contributed by atoms with van der Waals surface area (Å²) in [7, 11) is 0. The van der Waals surface area contributed by atoms with E-state index in [1.54, 1.807) is 6.21 Å². The van der Waals surface area contributed by atoms with Crippen LogP contribution < -0.4 is 21.4 Å². The molecule has 2 aromatic heterocycles. The van der Waals surface area contributed by atoms with Crippen molar-refractivity contribution in [2.24, 2.45) is 9.98 Å². The van der Waals surface area contributed by atoms with Crippen LogP contribution in [0.4, 0.5) is 0 Å². The summed E-state index contributed by atoms with van der Waals surface area (Å²) in [6.07, 6.45) is 9.93. The summed E-state index contributed by atoms with van der Waals surface area (Å²) >= 11 is 0. The van der Waals surface area contributed by atoms with Gasteiger partial charge in [-0.25, -0.2) is 4.99 Å². The third-order valence-corrected chi connectivity index (χ3v) is 3.71. The van der Waals surface area contributed by atoms with Gasteiger partial charge in [-0.05, 0) is 55.3 Å². The SMILES string of the molecule is C(=C1C=CC=N1)=c1ccc(=C=c2ccc(=CC3=NCCC3)[nH]2)[nH]1. The number of aromatic nitrogens is 2. The van der Waals surface area contributed by atoms with Crippen LogP contribution in [0.2, 0.25) is 0 Å². The summed E-state index contributed by atoms with van der Waals surface area (Å²) in [6.45, 7) is 0.953. The first-order valence-electron chi connectivity index (χ1n) is 7.73. The molecule has 0 bridgehead atoms. The predicted octanol–water partition coefficient (Wildman–Crippen LogP) is 0.0132. The Bertz CT molecular complexity index is 1090. The van der Waals surface area contributed by atoms with Crippen molar-refractivity contribution < 1.29 is 0 Å². The van der Waals surface area contributed by atoms with Crippen LogP contribution in [0.25, 0.3) is 17.5 Å². The minimum absolute atomic E-state index is 0.826. The molecule has 23 heavy (non-hydrogen) atoms.